The van der Waals surface area contributed by atoms with Gasteiger partial charge in [-0.1, -0.05) is 19.3 Å². The van der Waals surface area contributed by atoms with Gasteiger partial charge in [-0.25, -0.2) is 0 Å². The molecule has 0 bridgehead atoms. The Bertz CT molecular complexity index is 431. The molecule has 0 spiro atoms. The maximum atomic E-state index is 12.2. The van der Waals surface area contributed by atoms with E-state index in [1.54, 1.807) is 0 Å². The molecule has 0 heterocycles. The summed E-state index contributed by atoms with van der Waals surface area (Å²) in [6, 6.07) is 7.33. The molecule has 1 aliphatic carbocycles. The second-order valence-electron chi connectivity index (χ2n) is 5.39. The first-order valence-corrected chi connectivity index (χ1v) is 7.53. The van der Waals surface area contributed by atoms with Crippen LogP contribution in [0, 0.1) is 0 Å². The molecule has 0 saturated heterocycles. The number of aliphatic hydroxyl groups is 1. The van der Waals surface area contributed by atoms with Gasteiger partial charge in [-0.2, -0.15) is 0 Å². The number of benzene rings is 1. The predicted molar refractivity (Wildman–Crippen MR) is 81.0 cm³/mol. The number of carbonyl (C=O) groups is 1. The first kappa shape index (κ1) is 14.9. The number of hydrogen-bond donors (Lipinski definition) is 3. The monoisotopic (exact) mass is 276 g/mol. The van der Waals surface area contributed by atoms with E-state index in [1.165, 1.54) is 0 Å². The van der Waals surface area contributed by atoms with Crippen LogP contribution in [0.5, 0.6) is 0 Å². The van der Waals surface area contributed by atoms with Crippen molar-refractivity contribution in [3.05, 3.63) is 29.8 Å². The zero-order valence-electron chi connectivity index (χ0n) is 12.1. The molecule has 1 amide bonds. The quantitative estimate of drug-likeness (QED) is 0.741. The van der Waals surface area contributed by atoms with Gasteiger partial charge in [0.1, 0.15) is 0 Å². The minimum atomic E-state index is -0.414. The third-order valence-electron chi connectivity index (χ3n) is 3.82. The lowest BCUT2D eigenvalue weighted by atomic mass is 10.1. The Morgan fingerprint density at radius 2 is 1.90 bits per heavy atom. The molecule has 2 unspecified atom stereocenters. The summed E-state index contributed by atoms with van der Waals surface area (Å²) in [6.45, 7) is 2.90. The summed E-state index contributed by atoms with van der Waals surface area (Å²) in [7, 11) is 0. The summed E-state index contributed by atoms with van der Waals surface area (Å²) in [6.07, 6.45) is 4.49. The number of anilines is 1. The maximum absolute atomic E-state index is 12.2. The van der Waals surface area contributed by atoms with E-state index in [9.17, 15) is 9.90 Å². The zero-order valence-corrected chi connectivity index (χ0v) is 12.1. The van der Waals surface area contributed by atoms with Crippen molar-refractivity contribution in [3.8, 4) is 0 Å². The van der Waals surface area contributed by atoms with Crippen LogP contribution in [0.15, 0.2) is 24.3 Å². The molecule has 1 fully saturated rings. The Hall–Kier alpha value is -1.55. The maximum Gasteiger partial charge on any atom is 0.251 e. The molecule has 1 saturated carbocycles. The molecule has 2 atom stereocenters. The fourth-order valence-electron chi connectivity index (χ4n) is 2.65. The first-order chi connectivity index (χ1) is 9.70. The average Bonchev–Trinajstić information content (AvgIpc) is 2.65. The highest BCUT2D eigenvalue weighted by atomic mass is 16.3. The Balaban J connectivity index is 1.96. The van der Waals surface area contributed by atoms with Gasteiger partial charge in [0.15, 0.2) is 0 Å². The largest absolute Gasteiger partial charge is 0.391 e. The lowest BCUT2D eigenvalue weighted by Gasteiger charge is -2.21. The van der Waals surface area contributed by atoms with Crippen LogP contribution in [0.1, 0.15) is 49.4 Å². The van der Waals surface area contributed by atoms with Gasteiger partial charge in [-0.3, -0.25) is 4.79 Å². The molecular weight excluding hydrogens is 252 g/mol. The van der Waals surface area contributed by atoms with Crippen molar-refractivity contribution < 1.29 is 9.90 Å². The Morgan fingerprint density at radius 3 is 2.60 bits per heavy atom. The molecule has 110 valence electrons. The molecular formula is C16H24N2O2. The van der Waals surface area contributed by atoms with Gasteiger partial charge < -0.3 is 15.7 Å². The fraction of sp³-hybridized carbons (Fsp3) is 0.562. The summed E-state index contributed by atoms with van der Waals surface area (Å²) in [5, 5.41) is 16.2. The third kappa shape index (κ3) is 3.97. The normalized spacial score (nSPS) is 22.9. The molecule has 4 heteroatoms. The fourth-order valence-corrected chi connectivity index (χ4v) is 2.65. The van der Waals surface area contributed by atoms with Gasteiger partial charge in [-0.15, -0.1) is 0 Å². The Morgan fingerprint density at radius 1 is 1.20 bits per heavy atom. The molecule has 0 aromatic heterocycles. The number of rotatable bonds is 4. The van der Waals surface area contributed by atoms with Gasteiger partial charge in [0.05, 0.1) is 12.1 Å². The van der Waals surface area contributed by atoms with Gasteiger partial charge in [0.25, 0.3) is 5.91 Å². The number of amides is 1. The predicted octanol–water partition coefficient (Wildman–Crippen LogP) is 2.54. The first-order valence-electron chi connectivity index (χ1n) is 7.53. The van der Waals surface area contributed by atoms with Crippen LogP contribution in [0.3, 0.4) is 0 Å². The number of hydrogen-bond acceptors (Lipinski definition) is 3. The second-order valence-corrected chi connectivity index (χ2v) is 5.39. The minimum absolute atomic E-state index is 0.0981. The molecule has 3 N–H and O–H groups in total. The molecule has 20 heavy (non-hydrogen) atoms. The molecule has 0 radical (unpaired) electrons. The number of carbonyl (C=O) groups excluding carboxylic acids is 1. The van der Waals surface area contributed by atoms with Crippen LogP contribution in [-0.4, -0.2) is 29.7 Å². The van der Waals surface area contributed by atoms with Crippen LogP contribution in [0.25, 0.3) is 0 Å². The van der Waals surface area contributed by atoms with E-state index in [4.69, 9.17) is 0 Å². The van der Waals surface area contributed by atoms with Gasteiger partial charge in [0, 0.05) is 17.8 Å². The molecule has 1 aliphatic rings. The molecule has 4 nitrogen and oxygen atoms in total. The summed E-state index contributed by atoms with van der Waals surface area (Å²) in [4.78, 5) is 12.2. The lowest BCUT2D eigenvalue weighted by Crippen LogP contribution is -2.42. The van der Waals surface area contributed by atoms with Crippen molar-refractivity contribution in [1.29, 1.82) is 0 Å². The van der Waals surface area contributed by atoms with Crippen LogP contribution >= 0.6 is 0 Å². The van der Waals surface area contributed by atoms with Crippen molar-refractivity contribution in [1.82, 2.24) is 5.32 Å². The highest BCUT2D eigenvalue weighted by Gasteiger charge is 2.23. The molecule has 1 aromatic rings. The highest BCUT2D eigenvalue weighted by molar-refractivity contribution is 5.94. The molecule has 0 aliphatic heterocycles. The number of aliphatic hydroxyl groups excluding tert-OH is 1. The van der Waals surface area contributed by atoms with Crippen molar-refractivity contribution in [2.24, 2.45) is 0 Å². The van der Waals surface area contributed by atoms with E-state index in [1.807, 2.05) is 31.2 Å². The standard InChI is InChI=1S/C16H24N2O2/c1-2-17-13-10-8-12(9-11-13)16(20)18-14-6-4-3-5-7-15(14)19/h8-11,14-15,17,19H,2-7H2,1H3,(H,18,20). The second kappa shape index (κ2) is 7.29. The van der Waals surface area contributed by atoms with Crippen molar-refractivity contribution in [3.63, 3.8) is 0 Å². The van der Waals surface area contributed by atoms with E-state index < -0.39 is 6.10 Å². The van der Waals surface area contributed by atoms with Crippen LogP contribution in [0.2, 0.25) is 0 Å². The van der Waals surface area contributed by atoms with Gasteiger partial charge in [0.2, 0.25) is 0 Å². The summed E-state index contributed by atoms with van der Waals surface area (Å²) in [5.41, 5.74) is 1.65. The summed E-state index contributed by atoms with van der Waals surface area (Å²) in [5.74, 6) is -0.0981. The van der Waals surface area contributed by atoms with Crippen LogP contribution in [0.4, 0.5) is 5.69 Å². The molecule has 2 rings (SSSR count). The summed E-state index contributed by atoms with van der Waals surface area (Å²) >= 11 is 0. The van der Waals surface area contributed by atoms with E-state index >= 15 is 0 Å². The van der Waals surface area contributed by atoms with Crippen molar-refractivity contribution >= 4 is 11.6 Å². The van der Waals surface area contributed by atoms with Gasteiger partial charge in [-0.05, 0) is 44.0 Å². The van der Waals surface area contributed by atoms with E-state index in [-0.39, 0.29) is 11.9 Å². The average molecular weight is 276 g/mol. The Kier molecular flexibility index (Phi) is 5.41. The highest BCUT2D eigenvalue weighted by Crippen LogP contribution is 2.18. The topological polar surface area (TPSA) is 61.4 Å². The smallest absolute Gasteiger partial charge is 0.251 e. The van der Waals surface area contributed by atoms with E-state index in [2.05, 4.69) is 10.6 Å². The van der Waals surface area contributed by atoms with Crippen LogP contribution in [-0.2, 0) is 0 Å². The Labute approximate surface area is 120 Å². The SMILES string of the molecule is CCNc1ccc(C(=O)NC2CCCCCC2O)cc1. The van der Waals surface area contributed by atoms with E-state index in [0.29, 0.717) is 5.56 Å². The zero-order chi connectivity index (χ0) is 14.4. The summed E-state index contributed by atoms with van der Waals surface area (Å²) < 4.78 is 0. The van der Waals surface area contributed by atoms with Crippen molar-refractivity contribution in [2.75, 3.05) is 11.9 Å². The van der Waals surface area contributed by atoms with Crippen molar-refractivity contribution in [2.45, 2.75) is 51.2 Å². The van der Waals surface area contributed by atoms with E-state index in [0.717, 1.165) is 44.3 Å². The minimum Gasteiger partial charge on any atom is -0.391 e. The molecule has 1 aromatic carbocycles. The van der Waals surface area contributed by atoms with Crippen LogP contribution < -0.4 is 10.6 Å². The third-order valence-corrected chi connectivity index (χ3v) is 3.82. The lowest BCUT2D eigenvalue weighted by molar-refractivity contribution is 0.0819. The number of nitrogens with one attached hydrogen (secondary N) is 2. The van der Waals surface area contributed by atoms with Gasteiger partial charge >= 0.3 is 0 Å².